The molecule has 0 aliphatic carbocycles. The van der Waals surface area contributed by atoms with Crippen molar-refractivity contribution in [3.8, 4) is 0 Å². The number of anilines is 3. The van der Waals surface area contributed by atoms with E-state index in [4.69, 9.17) is 0 Å². The molecule has 0 saturated carbocycles. The minimum Gasteiger partial charge on any atom is -0.465 e. The van der Waals surface area contributed by atoms with Crippen molar-refractivity contribution in [1.29, 1.82) is 0 Å². The maximum Gasteiger partial charge on any atom is 0.337 e. The average Bonchev–Trinajstić information content (AvgIpc) is 2.69. The standard InChI is InChI=1S/C21H27N3O3/c1-5-24(6-2)18-11-12-19(15(3)13-18)23-20(25)14-22-17-9-7-16(8-10-17)21(26)27-4/h7-13,22H,5-6,14H2,1-4H3,(H,23,25). The highest BCUT2D eigenvalue weighted by Crippen LogP contribution is 2.22. The molecule has 2 rings (SSSR count). The van der Waals surface area contributed by atoms with Crippen molar-refractivity contribution in [3.63, 3.8) is 0 Å². The lowest BCUT2D eigenvalue weighted by atomic mass is 10.1. The number of hydrogen-bond acceptors (Lipinski definition) is 5. The maximum atomic E-state index is 12.2. The first kappa shape index (κ1) is 20.3. The number of rotatable bonds is 8. The zero-order chi connectivity index (χ0) is 19.8. The molecule has 6 heteroatoms. The summed E-state index contributed by atoms with van der Waals surface area (Å²) < 4.78 is 4.66. The number of nitrogens with zero attached hydrogens (tertiary/aromatic N) is 1. The smallest absolute Gasteiger partial charge is 0.337 e. The second-order valence-corrected chi connectivity index (χ2v) is 6.14. The summed E-state index contributed by atoms with van der Waals surface area (Å²) in [5.41, 5.74) is 4.20. The van der Waals surface area contributed by atoms with E-state index in [1.54, 1.807) is 24.3 Å². The van der Waals surface area contributed by atoms with Crippen molar-refractivity contribution in [3.05, 3.63) is 53.6 Å². The zero-order valence-corrected chi connectivity index (χ0v) is 16.3. The highest BCUT2D eigenvalue weighted by Gasteiger charge is 2.09. The Balaban J connectivity index is 1.93. The Bertz CT molecular complexity index is 784. The molecule has 0 aliphatic heterocycles. The number of aryl methyl sites for hydroxylation is 1. The van der Waals surface area contributed by atoms with Gasteiger partial charge >= 0.3 is 5.97 Å². The lowest BCUT2D eigenvalue weighted by Crippen LogP contribution is -2.23. The minimum absolute atomic E-state index is 0.134. The van der Waals surface area contributed by atoms with Crippen LogP contribution in [0, 0.1) is 6.92 Å². The third kappa shape index (κ3) is 5.48. The Morgan fingerprint density at radius 3 is 2.26 bits per heavy atom. The van der Waals surface area contributed by atoms with Crippen molar-refractivity contribution >= 4 is 28.9 Å². The van der Waals surface area contributed by atoms with Gasteiger partial charge in [0.15, 0.2) is 0 Å². The SMILES string of the molecule is CCN(CC)c1ccc(NC(=O)CNc2ccc(C(=O)OC)cc2)c(C)c1. The summed E-state index contributed by atoms with van der Waals surface area (Å²) in [7, 11) is 1.34. The van der Waals surface area contributed by atoms with Crippen LogP contribution in [0.25, 0.3) is 0 Å². The van der Waals surface area contributed by atoms with Gasteiger partial charge in [-0.25, -0.2) is 4.79 Å². The van der Waals surface area contributed by atoms with Crippen molar-refractivity contribution in [2.24, 2.45) is 0 Å². The van der Waals surface area contributed by atoms with Crippen LogP contribution in [0.4, 0.5) is 17.1 Å². The molecule has 0 radical (unpaired) electrons. The number of carbonyl (C=O) groups is 2. The van der Waals surface area contributed by atoms with Gasteiger partial charge in [0.25, 0.3) is 0 Å². The van der Waals surface area contributed by atoms with E-state index < -0.39 is 0 Å². The molecule has 0 atom stereocenters. The number of esters is 1. The fourth-order valence-corrected chi connectivity index (χ4v) is 2.79. The van der Waals surface area contributed by atoms with Crippen LogP contribution in [0.1, 0.15) is 29.8 Å². The molecule has 144 valence electrons. The number of benzene rings is 2. The van der Waals surface area contributed by atoms with E-state index in [0.29, 0.717) is 5.56 Å². The van der Waals surface area contributed by atoms with Crippen LogP contribution in [-0.2, 0) is 9.53 Å². The molecule has 2 aromatic rings. The number of nitrogens with one attached hydrogen (secondary N) is 2. The van der Waals surface area contributed by atoms with Gasteiger partial charge in [0.05, 0.1) is 19.2 Å². The molecular formula is C21H27N3O3. The second kappa shape index (κ2) is 9.62. The summed E-state index contributed by atoms with van der Waals surface area (Å²) in [6.45, 7) is 8.26. The van der Waals surface area contributed by atoms with Crippen LogP contribution in [-0.4, -0.2) is 38.6 Å². The third-order valence-electron chi connectivity index (χ3n) is 4.37. The molecule has 0 spiro atoms. The summed E-state index contributed by atoms with van der Waals surface area (Å²) >= 11 is 0. The summed E-state index contributed by atoms with van der Waals surface area (Å²) in [6, 6.07) is 12.8. The Hall–Kier alpha value is -3.02. The van der Waals surface area contributed by atoms with Crippen molar-refractivity contribution in [2.45, 2.75) is 20.8 Å². The molecule has 1 amide bonds. The Kier molecular flexibility index (Phi) is 7.23. The predicted octanol–water partition coefficient (Wildman–Crippen LogP) is 3.68. The first-order valence-electron chi connectivity index (χ1n) is 9.06. The quantitative estimate of drug-likeness (QED) is 0.695. The topological polar surface area (TPSA) is 70.7 Å². The van der Waals surface area contributed by atoms with E-state index >= 15 is 0 Å². The van der Waals surface area contributed by atoms with Crippen molar-refractivity contribution in [2.75, 3.05) is 42.3 Å². The van der Waals surface area contributed by atoms with E-state index in [1.165, 1.54) is 7.11 Å². The monoisotopic (exact) mass is 369 g/mol. The van der Waals surface area contributed by atoms with Crippen LogP contribution >= 0.6 is 0 Å². The number of hydrogen-bond donors (Lipinski definition) is 2. The molecule has 0 fully saturated rings. The van der Waals surface area contributed by atoms with Gasteiger partial charge in [-0.05, 0) is 68.8 Å². The van der Waals surface area contributed by atoms with Gasteiger partial charge in [-0.3, -0.25) is 4.79 Å². The van der Waals surface area contributed by atoms with Gasteiger partial charge in [0.2, 0.25) is 5.91 Å². The summed E-state index contributed by atoms with van der Waals surface area (Å²) in [6.07, 6.45) is 0. The molecule has 0 heterocycles. The lowest BCUT2D eigenvalue weighted by Gasteiger charge is -2.22. The van der Waals surface area contributed by atoms with E-state index in [9.17, 15) is 9.59 Å². The third-order valence-corrected chi connectivity index (χ3v) is 4.37. The van der Waals surface area contributed by atoms with Crippen LogP contribution in [0.5, 0.6) is 0 Å². The van der Waals surface area contributed by atoms with E-state index in [2.05, 4.69) is 40.2 Å². The van der Waals surface area contributed by atoms with E-state index in [-0.39, 0.29) is 18.4 Å². The molecule has 0 aliphatic rings. The van der Waals surface area contributed by atoms with Gasteiger partial charge in [0.1, 0.15) is 0 Å². The molecule has 0 unspecified atom stereocenters. The fraction of sp³-hybridized carbons (Fsp3) is 0.333. The number of methoxy groups -OCH3 is 1. The van der Waals surface area contributed by atoms with Gasteiger partial charge < -0.3 is 20.3 Å². The minimum atomic E-state index is -0.386. The first-order valence-corrected chi connectivity index (χ1v) is 9.06. The Morgan fingerprint density at radius 2 is 1.70 bits per heavy atom. The van der Waals surface area contributed by atoms with Crippen molar-refractivity contribution < 1.29 is 14.3 Å². The molecule has 27 heavy (non-hydrogen) atoms. The first-order chi connectivity index (χ1) is 13.0. The molecular weight excluding hydrogens is 342 g/mol. The van der Waals surface area contributed by atoms with Crippen LogP contribution < -0.4 is 15.5 Å². The van der Waals surface area contributed by atoms with Gasteiger partial charge in [0, 0.05) is 30.2 Å². The highest BCUT2D eigenvalue weighted by atomic mass is 16.5. The largest absolute Gasteiger partial charge is 0.465 e. The zero-order valence-electron chi connectivity index (χ0n) is 16.3. The molecule has 0 aromatic heterocycles. The molecule has 6 nitrogen and oxygen atoms in total. The van der Waals surface area contributed by atoms with Gasteiger partial charge in [-0.2, -0.15) is 0 Å². The maximum absolute atomic E-state index is 12.2. The highest BCUT2D eigenvalue weighted by molar-refractivity contribution is 5.95. The molecule has 2 N–H and O–H groups in total. The van der Waals surface area contributed by atoms with Crippen LogP contribution in [0.15, 0.2) is 42.5 Å². The van der Waals surface area contributed by atoms with Crippen LogP contribution in [0.2, 0.25) is 0 Å². The van der Waals surface area contributed by atoms with Crippen molar-refractivity contribution in [1.82, 2.24) is 0 Å². The molecule has 2 aromatic carbocycles. The predicted molar refractivity (Wildman–Crippen MR) is 110 cm³/mol. The number of carbonyl (C=O) groups excluding carboxylic acids is 2. The lowest BCUT2D eigenvalue weighted by molar-refractivity contribution is -0.114. The molecule has 0 saturated heterocycles. The number of ether oxygens (including phenoxy) is 1. The van der Waals surface area contributed by atoms with Gasteiger partial charge in [-0.1, -0.05) is 0 Å². The van der Waals surface area contributed by atoms with Gasteiger partial charge in [-0.15, -0.1) is 0 Å². The summed E-state index contributed by atoms with van der Waals surface area (Å²) in [5.74, 6) is -0.520. The summed E-state index contributed by atoms with van der Waals surface area (Å²) in [4.78, 5) is 25.9. The van der Waals surface area contributed by atoms with E-state index in [1.807, 2.05) is 19.1 Å². The normalized spacial score (nSPS) is 10.2. The summed E-state index contributed by atoms with van der Waals surface area (Å²) in [5, 5.41) is 5.97. The Labute approximate surface area is 160 Å². The fourth-order valence-electron chi connectivity index (χ4n) is 2.79. The Morgan fingerprint density at radius 1 is 1.04 bits per heavy atom. The van der Waals surface area contributed by atoms with Crippen LogP contribution in [0.3, 0.4) is 0 Å². The molecule has 0 bridgehead atoms. The van der Waals surface area contributed by atoms with E-state index in [0.717, 1.165) is 35.7 Å². The average molecular weight is 369 g/mol. The second-order valence-electron chi connectivity index (χ2n) is 6.14. The number of amides is 1.